The molecule has 3 fully saturated rings. The smallest absolute Gasteiger partial charge is 0.323 e. The number of piperidine rings is 1. The van der Waals surface area contributed by atoms with E-state index in [1.54, 1.807) is 24.3 Å². The van der Waals surface area contributed by atoms with Crippen LogP contribution in [-0.4, -0.2) is 108 Å². The van der Waals surface area contributed by atoms with Crippen LogP contribution in [-0.2, 0) is 16.0 Å². The van der Waals surface area contributed by atoms with Crippen molar-refractivity contribution in [2.45, 2.75) is 32.4 Å². The van der Waals surface area contributed by atoms with Crippen LogP contribution in [0.2, 0.25) is 0 Å². The van der Waals surface area contributed by atoms with Crippen LogP contribution in [0.4, 0.5) is 22.0 Å². The standard InChI is InChI=1S/C35H42N8O4/c1-2-40-16-13-30-32(40)38-31(39-33(30)42-19-23-47-24-20-42)25-3-7-27(8-4-25)36-35(45)37-28-9-5-26(6-10-28)34(44)43-14-11-29(12-15-43)41-17-21-46-22-18-41/h3-10,13,16,29H,2,11-12,14-15,17-24H2,1H3,(H2,36,37,45). The number of aryl methyl sites for hydroxylation is 1. The third-order valence-electron chi connectivity index (χ3n) is 9.35. The predicted molar refractivity (Wildman–Crippen MR) is 182 cm³/mol. The molecule has 0 aliphatic carbocycles. The number of morpholine rings is 2. The van der Waals surface area contributed by atoms with Crippen molar-refractivity contribution in [3.63, 3.8) is 0 Å². The van der Waals surface area contributed by atoms with Crippen molar-refractivity contribution < 1.29 is 19.1 Å². The molecule has 0 unspecified atom stereocenters. The molecule has 2 aromatic carbocycles. The lowest BCUT2D eigenvalue weighted by atomic mass is 10.0. The van der Waals surface area contributed by atoms with Crippen LogP contribution in [0.1, 0.15) is 30.1 Å². The number of fused-ring (bicyclic) bond motifs is 1. The van der Waals surface area contributed by atoms with Crippen molar-refractivity contribution in [3.05, 3.63) is 66.4 Å². The Morgan fingerprint density at radius 1 is 0.787 bits per heavy atom. The molecule has 2 aromatic heterocycles. The van der Waals surface area contributed by atoms with Crippen LogP contribution >= 0.6 is 0 Å². The maximum atomic E-state index is 13.1. The Kier molecular flexibility index (Phi) is 9.32. The van der Waals surface area contributed by atoms with Crippen LogP contribution in [0.15, 0.2) is 60.8 Å². The first-order valence-electron chi connectivity index (χ1n) is 16.6. The zero-order valence-electron chi connectivity index (χ0n) is 26.9. The summed E-state index contributed by atoms with van der Waals surface area (Å²) >= 11 is 0. The number of ether oxygens (including phenoxy) is 2. The van der Waals surface area contributed by atoms with E-state index in [0.717, 1.165) is 94.3 Å². The van der Waals surface area contributed by atoms with E-state index in [-0.39, 0.29) is 11.9 Å². The summed E-state index contributed by atoms with van der Waals surface area (Å²) in [6, 6.07) is 16.9. The van der Waals surface area contributed by atoms with Crippen molar-refractivity contribution in [1.29, 1.82) is 0 Å². The number of benzene rings is 2. The van der Waals surface area contributed by atoms with Gasteiger partial charge in [-0.1, -0.05) is 0 Å². The van der Waals surface area contributed by atoms with E-state index in [1.165, 1.54) is 0 Å². The summed E-state index contributed by atoms with van der Waals surface area (Å²) in [6.07, 6.45) is 4.02. The topological polar surface area (TPSA) is 117 Å². The zero-order valence-corrected chi connectivity index (χ0v) is 26.9. The number of rotatable bonds is 7. The number of hydrogen-bond acceptors (Lipinski definition) is 8. The summed E-state index contributed by atoms with van der Waals surface area (Å²) in [5, 5.41) is 6.79. The van der Waals surface area contributed by atoms with Crippen LogP contribution in [0.25, 0.3) is 22.4 Å². The van der Waals surface area contributed by atoms with Gasteiger partial charge in [-0.15, -0.1) is 0 Å². The summed E-state index contributed by atoms with van der Waals surface area (Å²) in [5.74, 6) is 1.59. The number of nitrogens with zero attached hydrogens (tertiary/aromatic N) is 6. The number of amides is 3. The normalized spacial score (nSPS) is 18.0. The molecule has 0 atom stereocenters. The average Bonchev–Trinajstić information content (AvgIpc) is 3.55. The minimum atomic E-state index is -0.366. The molecule has 2 N–H and O–H groups in total. The van der Waals surface area contributed by atoms with E-state index >= 15 is 0 Å². The lowest BCUT2D eigenvalue weighted by Gasteiger charge is -2.40. The Balaban J connectivity index is 0.956. The molecule has 3 aliphatic heterocycles. The third-order valence-corrected chi connectivity index (χ3v) is 9.35. The molecule has 4 aromatic rings. The van der Waals surface area contributed by atoms with Crippen molar-refractivity contribution in [2.24, 2.45) is 0 Å². The number of carbonyl (C=O) groups excluding carboxylic acids is 2. The van der Waals surface area contributed by atoms with Crippen molar-refractivity contribution in [1.82, 2.24) is 24.3 Å². The van der Waals surface area contributed by atoms with Gasteiger partial charge in [-0.2, -0.15) is 0 Å². The summed E-state index contributed by atoms with van der Waals surface area (Å²) in [4.78, 5) is 42.5. The molecule has 47 heavy (non-hydrogen) atoms. The maximum absolute atomic E-state index is 13.1. The number of hydrogen-bond donors (Lipinski definition) is 2. The van der Waals surface area contributed by atoms with Gasteiger partial charge >= 0.3 is 6.03 Å². The average molecular weight is 639 g/mol. The maximum Gasteiger partial charge on any atom is 0.323 e. The molecule has 246 valence electrons. The zero-order chi connectivity index (χ0) is 32.2. The van der Waals surface area contributed by atoms with Gasteiger partial charge in [0.2, 0.25) is 0 Å². The van der Waals surface area contributed by atoms with E-state index < -0.39 is 0 Å². The molecule has 0 radical (unpaired) electrons. The highest BCUT2D eigenvalue weighted by Gasteiger charge is 2.28. The number of anilines is 3. The van der Waals surface area contributed by atoms with Gasteiger partial charge in [0.1, 0.15) is 11.5 Å². The fraction of sp³-hybridized carbons (Fsp3) is 0.429. The van der Waals surface area contributed by atoms with Crippen molar-refractivity contribution in [3.8, 4) is 11.4 Å². The van der Waals surface area contributed by atoms with Gasteiger partial charge in [-0.25, -0.2) is 14.8 Å². The van der Waals surface area contributed by atoms with Gasteiger partial charge < -0.3 is 34.5 Å². The van der Waals surface area contributed by atoms with Crippen molar-refractivity contribution >= 4 is 40.2 Å². The molecule has 7 rings (SSSR count). The molecule has 3 saturated heterocycles. The SMILES string of the molecule is CCn1ccc2c(N3CCOCC3)nc(-c3ccc(NC(=O)Nc4ccc(C(=O)N5CCC(N6CCOCC6)CC5)cc4)cc3)nc21. The molecule has 0 saturated carbocycles. The van der Waals surface area contributed by atoms with E-state index in [9.17, 15) is 9.59 Å². The van der Waals surface area contributed by atoms with Crippen LogP contribution in [0, 0.1) is 0 Å². The molecule has 5 heterocycles. The molecule has 12 nitrogen and oxygen atoms in total. The fourth-order valence-electron chi connectivity index (χ4n) is 6.70. The molecule has 3 amide bonds. The fourth-order valence-corrected chi connectivity index (χ4v) is 6.70. The lowest BCUT2D eigenvalue weighted by molar-refractivity contribution is 0.00159. The first kappa shape index (κ1) is 31.1. The van der Waals surface area contributed by atoms with Gasteiger partial charge in [0.05, 0.1) is 31.8 Å². The van der Waals surface area contributed by atoms with Gasteiger partial charge in [0.15, 0.2) is 5.82 Å². The molecular weight excluding hydrogens is 596 g/mol. The van der Waals surface area contributed by atoms with Gasteiger partial charge in [0.25, 0.3) is 5.91 Å². The highest BCUT2D eigenvalue weighted by atomic mass is 16.5. The van der Waals surface area contributed by atoms with E-state index in [2.05, 4.69) is 44.2 Å². The summed E-state index contributed by atoms with van der Waals surface area (Å²) < 4.78 is 13.2. The Morgan fingerprint density at radius 3 is 2.04 bits per heavy atom. The largest absolute Gasteiger partial charge is 0.379 e. The highest BCUT2D eigenvalue weighted by molar-refractivity contribution is 6.00. The Bertz CT molecular complexity index is 1690. The second kappa shape index (κ2) is 14.1. The van der Waals surface area contributed by atoms with E-state index in [0.29, 0.717) is 42.0 Å². The van der Waals surface area contributed by atoms with Crippen LogP contribution in [0.5, 0.6) is 0 Å². The first-order chi connectivity index (χ1) is 23.1. The summed E-state index contributed by atoms with van der Waals surface area (Å²) in [5.41, 5.74) is 3.64. The predicted octanol–water partition coefficient (Wildman–Crippen LogP) is 4.54. The number of carbonyl (C=O) groups is 2. The molecular formula is C35H42N8O4. The minimum Gasteiger partial charge on any atom is -0.379 e. The Hall–Kier alpha value is -4.52. The second-order valence-electron chi connectivity index (χ2n) is 12.2. The van der Waals surface area contributed by atoms with E-state index in [1.807, 2.05) is 29.2 Å². The number of nitrogens with one attached hydrogen (secondary N) is 2. The summed E-state index contributed by atoms with van der Waals surface area (Å²) in [6.45, 7) is 10.9. The number of urea groups is 1. The number of likely N-dealkylation sites (tertiary alicyclic amines) is 1. The van der Waals surface area contributed by atoms with Crippen molar-refractivity contribution in [2.75, 3.05) is 81.2 Å². The third kappa shape index (κ3) is 6.95. The van der Waals surface area contributed by atoms with Crippen LogP contribution < -0.4 is 15.5 Å². The molecule has 0 bridgehead atoms. The number of aromatic nitrogens is 3. The Labute approximate surface area is 274 Å². The molecule has 3 aliphatic rings. The van der Waals surface area contributed by atoms with Gasteiger partial charge in [-0.3, -0.25) is 9.69 Å². The highest BCUT2D eigenvalue weighted by Crippen LogP contribution is 2.30. The first-order valence-corrected chi connectivity index (χ1v) is 16.6. The van der Waals surface area contributed by atoms with Crippen LogP contribution in [0.3, 0.4) is 0 Å². The van der Waals surface area contributed by atoms with Gasteiger partial charge in [0, 0.05) is 80.6 Å². The summed E-state index contributed by atoms with van der Waals surface area (Å²) in [7, 11) is 0. The molecule has 12 heteroatoms. The quantitative estimate of drug-likeness (QED) is 0.303. The molecule has 0 spiro atoms. The monoisotopic (exact) mass is 638 g/mol. The second-order valence-corrected chi connectivity index (χ2v) is 12.2. The minimum absolute atomic E-state index is 0.0320. The van der Waals surface area contributed by atoms with E-state index in [4.69, 9.17) is 19.4 Å². The Morgan fingerprint density at radius 2 is 1.40 bits per heavy atom. The lowest BCUT2D eigenvalue weighted by Crippen LogP contribution is -2.50. The van der Waals surface area contributed by atoms with Gasteiger partial charge in [-0.05, 0) is 74.4 Å².